The van der Waals surface area contributed by atoms with Gasteiger partial charge in [-0.1, -0.05) is 30.3 Å². The lowest BCUT2D eigenvalue weighted by atomic mass is 10.2. The smallest absolute Gasteiger partial charge is 0.0811 e. The maximum atomic E-state index is 8.59. The normalized spacial score (nSPS) is 12.9. The zero-order chi connectivity index (χ0) is 8.10. The molecule has 0 aliphatic heterocycles. The Bertz CT molecular complexity index is 203. The topological polar surface area (TPSA) is 46.2 Å². The molecule has 1 atom stereocenters. The number of nitrogens with two attached hydrogens (primary N) is 1. The third-order valence-electron chi connectivity index (χ3n) is 1.42. The molecule has 1 aromatic carbocycles. The maximum Gasteiger partial charge on any atom is 0.0811 e. The van der Waals surface area contributed by atoms with Gasteiger partial charge < -0.3 is 10.3 Å². The van der Waals surface area contributed by atoms with Crippen LogP contribution in [-0.4, -0.2) is 9.93 Å². The van der Waals surface area contributed by atoms with E-state index in [0.717, 1.165) is 5.56 Å². The van der Waals surface area contributed by atoms with Crippen molar-refractivity contribution in [2.24, 2.45) is 5.73 Å². The number of hydrogen-bond donors (Lipinski definition) is 2. The molecule has 0 bridgehead atoms. The molecule has 1 unspecified atom stereocenters. The lowest BCUT2D eigenvalue weighted by Gasteiger charge is -2.05. The first-order valence-corrected chi connectivity index (χ1v) is 4.26. The molecule has 60 valence electrons. The van der Waals surface area contributed by atoms with Gasteiger partial charge in [0.15, 0.2) is 0 Å². The van der Waals surface area contributed by atoms with E-state index in [4.69, 9.17) is 10.3 Å². The minimum atomic E-state index is -0.211. The van der Waals surface area contributed by atoms with E-state index in [-0.39, 0.29) is 5.37 Å². The van der Waals surface area contributed by atoms with Gasteiger partial charge in [-0.2, -0.15) is 0 Å². The Morgan fingerprint density at radius 2 is 2.00 bits per heavy atom. The van der Waals surface area contributed by atoms with Crippen LogP contribution in [0.15, 0.2) is 30.3 Å². The van der Waals surface area contributed by atoms with Crippen LogP contribution in [0.2, 0.25) is 0 Å². The van der Waals surface area contributed by atoms with E-state index in [1.807, 2.05) is 30.3 Å². The Hall–Kier alpha value is -0.510. The molecule has 3 N–H and O–H groups in total. The fourth-order valence-corrected chi connectivity index (χ4v) is 1.15. The molecule has 0 saturated carbocycles. The maximum absolute atomic E-state index is 8.59. The quantitative estimate of drug-likeness (QED) is 0.535. The molecule has 11 heavy (non-hydrogen) atoms. The first-order valence-electron chi connectivity index (χ1n) is 3.42. The number of hydrogen-bond acceptors (Lipinski definition) is 3. The van der Waals surface area contributed by atoms with Gasteiger partial charge in [0, 0.05) is 12.0 Å². The highest BCUT2D eigenvalue weighted by molar-refractivity contribution is 7.94. The molecule has 0 heterocycles. The van der Waals surface area contributed by atoms with Crippen molar-refractivity contribution in [2.75, 3.05) is 0 Å². The van der Waals surface area contributed by atoms with E-state index >= 15 is 0 Å². The predicted molar refractivity (Wildman–Crippen MR) is 48.3 cm³/mol. The van der Waals surface area contributed by atoms with Crippen LogP contribution in [0.4, 0.5) is 0 Å². The van der Waals surface area contributed by atoms with Crippen LogP contribution in [0.1, 0.15) is 5.56 Å². The molecule has 0 radical (unpaired) electrons. The van der Waals surface area contributed by atoms with Gasteiger partial charge in [-0.25, -0.2) is 0 Å². The van der Waals surface area contributed by atoms with Gasteiger partial charge in [0.25, 0.3) is 0 Å². The third-order valence-corrected chi connectivity index (χ3v) is 1.85. The summed E-state index contributed by atoms with van der Waals surface area (Å²) in [6.07, 6.45) is 0.710. The van der Waals surface area contributed by atoms with Gasteiger partial charge in [-0.3, -0.25) is 0 Å². The van der Waals surface area contributed by atoms with Gasteiger partial charge in [0.1, 0.15) is 0 Å². The van der Waals surface area contributed by atoms with Gasteiger partial charge in [0.2, 0.25) is 0 Å². The van der Waals surface area contributed by atoms with Crippen LogP contribution in [-0.2, 0) is 6.42 Å². The monoisotopic (exact) mass is 169 g/mol. The Balaban J connectivity index is 2.51. The summed E-state index contributed by atoms with van der Waals surface area (Å²) < 4.78 is 8.59. The molecule has 2 nitrogen and oxygen atoms in total. The molecule has 3 heteroatoms. The Kier molecular flexibility index (Phi) is 3.42. The van der Waals surface area contributed by atoms with Crippen molar-refractivity contribution in [3.8, 4) is 0 Å². The molecule has 0 aliphatic rings. The molecule has 0 spiro atoms. The minimum Gasteiger partial charge on any atom is -0.329 e. The van der Waals surface area contributed by atoms with E-state index in [1.165, 1.54) is 0 Å². The van der Waals surface area contributed by atoms with Crippen molar-refractivity contribution in [3.05, 3.63) is 35.9 Å². The summed E-state index contributed by atoms with van der Waals surface area (Å²) >= 11 is 0.697. The molecule has 1 rings (SSSR count). The zero-order valence-corrected chi connectivity index (χ0v) is 6.92. The van der Waals surface area contributed by atoms with Crippen molar-refractivity contribution >= 4 is 12.0 Å². The second kappa shape index (κ2) is 4.38. The SMILES string of the molecule is NC(Cc1ccccc1)SO. The molecule has 1 aromatic rings. The number of benzene rings is 1. The zero-order valence-electron chi connectivity index (χ0n) is 6.10. The van der Waals surface area contributed by atoms with E-state index < -0.39 is 0 Å². The van der Waals surface area contributed by atoms with Crippen LogP contribution in [0.3, 0.4) is 0 Å². The van der Waals surface area contributed by atoms with Crippen LogP contribution >= 0.6 is 12.0 Å². The summed E-state index contributed by atoms with van der Waals surface area (Å²) in [7, 11) is 0. The fourth-order valence-electron chi connectivity index (χ4n) is 0.884. The Morgan fingerprint density at radius 1 is 1.36 bits per heavy atom. The van der Waals surface area contributed by atoms with E-state index in [2.05, 4.69) is 0 Å². The molecule has 0 saturated heterocycles. The summed E-state index contributed by atoms with van der Waals surface area (Å²) in [4.78, 5) is 0. The second-order valence-corrected chi connectivity index (χ2v) is 3.15. The van der Waals surface area contributed by atoms with E-state index in [9.17, 15) is 0 Å². The molecular formula is C8H11NOS. The van der Waals surface area contributed by atoms with Gasteiger partial charge in [0.05, 0.1) is 5.37 Å². The largest absolute Gasteiger partial charge is 0.329 e. The average Bonchev–Trinajstić information content (AvgIpc) is 2.06. The van der Waals surface area contributed by atoms with Crippen molar-refractivity contribution in [3.63, 3.8) is 0 Å². The van der Waals surface area contributed by atoms with Crippen molar-refractivity contribution in [1.82, 2.24) is 0 Å². The molecular weight excluding hydrogens is 158 g/mol. The summed E-state index contributed by atoms with van der Waals surface area (Å²) in [6.45, 7) is 0. The first kappa shape index (κ1) is 8.59. The van der Waals surface area contributed by atoms with Crippen molar-refractivity contribution < 1.29 is 4.55 Å². The highest BCUT2D eigenvalue weighted by Crippen LogP contribution is 2.07. The standard InChI is InChI=1S/C8H11NOS/c9-8(11-10)6-7-4-2-1-3-5-7/h1-5,8,10H,6,9H2. The van der Waals surface area contributed by atoms with E-state index in [1.54, 1.807) is 0 Å². The Labute approximate surface area is 70.6 Å². The molecule has 0 aromatic heterocycles. The van der Waals surface area contributed by atoms with E-state index in [0.29, 0.717) is 18.5 Å². The van der Waals surface area contributed by atoms with Gasteiger partial charge in [-0.05, 0) is 12.0 Å². The fraction of sp³-hybridized carbons (Fsp3) is 0.250. The predicted octanol–water partition coefficient (Wildman–Crippen LogP) is 1.72. The summed E-state index contributed by atoms with van der Waals surface area (Å²) in [5.74, 6) is 0. The second-order valence-electron chi connectivity index (χ2n) is 2.33. The third kappa shape index (κ3) is 2.93. The van der Waals surface area contributed by atoms with Gasteiger partial charge in [-0.15, -0.1) is 0 Å². The van der Waals surface area contributed by atoms with Crippen LogP contribution in [0.25, 0.3) is 0 Å². The highest BCUT2D eigenvalue weighted by atomic mass is 32.2. The molecule has 0 fully saturated rings. The summed E-state index contributed by atoms with van der Waals surface area (Å²) in [6, 6.07) is 9.88. The van der Waals surface area contributed by atoms with Crippen LogP contribution < -0.4 is 5.73 Å². The molecule has 0 amide bonds. The van der Waals surface area contributed by atoms with Crippen LogP contribution in [0, 0.1) is 0 Å². The first-order chi connectivity index (χ1) is 5.33. The lowest BCUT2D eigenvalue weighted by Crippen LogP contribution is -2.17. The lowest BCUT2D eigenvalue weighted by molar-refractivity contribution is 0.646. The molecule has 0 aliphatic carbocycles. The minimum absolute atomic E-state index is 0.211. The van der Waals surface area contributed by atoms with Crippen LogP contribution in [0.5, 0.6) is 0 Å². The Morgan fingerprint density at radius 3 is 2.55 bits per heavy atom. The van der Waals surface area contributed by atoms with Crippen molar-refractivity contribution in [2.45, 2.75) is 11.8 Å². The summed E-state index contributed by atoms with van der Waals surface area (Å²) in [5, 5.41) is -0.211. The highest BCUT2D eigenvalue weighted by Gasteiger charge is 2.01. The number of rotatable bonds is 3. The average molecular weight is 169 g/mol. The summed E-state index contributed by atoms with van der Waals surface area (Å²) in [5.41, 5.74) is 6.67. The van der Waals surface area contributed by atoms with Gasteiger partial charge >= 0.3 is 0 Å². The van der Waals surface area contributed by atoms with Crippen molar-refractivity contribution in [1.29, 1.82) is 0 Å².